The normalized spacial score (nSPS) is 10.2. The number of hydrogen-bond donors (Lipinski definition) is 0. The van der Waals surface area contributed by atoms with E-state index in [0.29, 0.717) is 17.9 Å². The lowest BCUT2D eigenvalue weighted by molar-refractivity contribution is 0.0499. The average Bonchev–Trinajstić information content (AvgIpc) is 2.56. The minimum Gasteiger partial charge on any atom is -0.462 e. The minimum absolute atomic E-state index is 0.245. The lowest BCUT2D eigenvalue weighted by Gasteiger charge is -2.06. The Morgan fingerprint density at radius 1 is 0.913 bits per heavy atom. The standard InChI is InChI=1S/C18H17FO4/c1-2-3-12-22-17(20)13-6-10-16(11-7-13)23-18(21)14-4-8-15(19)9-5-14/h4-11H,2-3,12H2,1H3. The first kappa shape index (κ1) is 16.7. The van der Waals surface area contributed by atoms with E-state index < -0.39 is 17.8 Å². The summed E-state index contributed by atoms with van der Waals surface area (Å²) in [6.45, 7) is 2.40. The SMILES string of the molecule is CCCCOC(=O)c1ccc(OC(=O)c2ccc(F)cc2)cc1. The number of esters is 2. The van der Waals surface area contributed by atoms with Gasteiger partial charge in [0.2, 0.25) is 0 Å². The smallest absolute Gasteiger partial charge is 0.343 e. The summed E-state index contributed by atoms with van der Waals surface area (Å²) in [5.74, 6) is -1.13. The molecule has 120 valence electrons. The van der Waals surface area contributed by atoms with Crippen molar-refractivity contribution in [2.45, 2.75) is 19.8 Å². The van der Waals surface area contributed by atoms with Gasteiger partial charge in [-0.1, -0.05) is 13.3 Å². The molecule has 0 atom stereocenters. The molecule has 5 heteroatoms. The van der Waals surface area contributed by atoms with Crippen LogP contribution in [0.5, 0.6) is 5.75 Å². The third kappa shape index (κ3) is 4.92. The van der Waals surface area contributed by atoms with Crippen molar-refractivity contribution >= 4 is 11.9 Å². The minimum atomic E-state index is -0.594. The Labute approximate surface area is 133 Å². The highest BCUT2D eigenvalue weighted by Crippen LogP contribution is 2.15. The Bertz CT molecular complexity index is 662. The van der Waals surface area contributed by atoms with Crippen molar-refractivity contribution in [2.75, 3.05) is 6.61 Å². The van der Waals surface area contributed by atoms with Crippen molar-refractivity contribution in [3.05, 3.63) is 65.5 Å². The maximum Gasteiger partial charge on any atom is 0.343 e. The van der Waals surface area contributed by atoms with Gasteiger partial charge in [-0.05, 0) is 55.0 Å². The molecule has 4 nitrogen and oxygen atoms in total. The van der Waals surface area contributed by atoms with Crippen molar-refractivity contribution in [2.24, 2.45) is 0 Å². The third-order valence-electron chi connectivity index (χ3n) is 3.11. The van der Waals surface area contributed by atoms with Gasteiger partial charge in [0.05, 0.1) is 17.7 Å². The van der Waals surface area contributed by atoms with Gasteiger partial charge in [-0.25, -0.2) is 14.0 Å². The van der Waals surface area contributed by atoms with Gasteiger partial charge in [0.1, 0.15) is 11.6 Å². The molecule has 0 radical (unpaired) electrons. The van der Waals surface area contributed by atoms with Crippen LogP contribution in [-0.2, 0) is 4.74 Å². The van der Waals surface area contributed by atoms with Gasteiger partial charge in [-0.15, -0.1) is 0 Å². The van der Waals surface area contributed by atoms with Gasteiger partial charge >= 0.3 is 11.9 Å². The third-order valence-corrected chi connectivity index (χ3v) is 3.11. The second-order valence-electron chi connectivity index (χ2n) is 4.91. The van der Waals surface area contributed by atoms with Crippen LogP contribution in [0, 0.1) is 5.82 Å². The van der Waals surface area contributed by atoms with E-state index in [9.17, 15) is 14.0 Å². The molecule has 0 aliphatic rings. The molecule has 0 aliphatic carbocycles. The number of hydrogen-bond acceptors (Lipinski definition) is 4. The van der Waals surface area contributed by atoms with E-state index in [1.807, 2.05) is 6.92 Å². The van der Waals surface area contributed by atoms with E-state index in [1.165, 1.54) is 48.5 Å². The Morgan fingerprint density at radius 2 is 1.48 bits per heavy atom. The molecular weight excluding hydrogens is 299 g/mol. The molecule has 0 amide bonds. The summed E-state index contributed by atoms with van der Waals surface area (Å²) in [6.07, 6.45) is 1.77. The largest absolute Gasteiger partial charge is 0.462 e. The fraction of sp³-hybridized carbons (Fsp3) is 0.222. The maximum absolute atomic E-state index is 12.8. The van der Waals surface area contributed by atoms with Crippen LogP contribution in [0.2, 0.25) is 0 Å². The first-order valence-electron chi connectivity index (χ1n) is 7.35. The lowest BCUT2D eigenvalue weighted by atomic mass is 10.2. The van der Waals surface area contributed by atoms with Gasteiger partial charge in [-0.2, -0.15) is 0 Å². The van der Waals surface area contributed by atoms with E-state index in [-0.39, 0.29) is 5.56 Å². The van der Waals surface area contributed by atoms with E-state index in [1.54, 1.807) is 0 Å². The number of halogens is 1. The number of carbonyl (C=O) groups excluding carboxylic acids is 2. The van der Waals surface area contributed by atoms with Gasteiger partial charge < -0.3 is 9.47 Å². The summed E-state index contributed by atoms with van der Waals surface area (Å²) in [6, 6.07) is 11.1. The molecule has 23 heavy (non-hydrogen) atoms. The molecule has 2 aromatic rings. The first-order valence-corrected chi connectivity index (χ1v) is 7.35. The Morgan fingerprint density at radius 3 is 2.09 bits per heavy atom. The monoisotopic (exact) mass is 316 g/mol. The van der Waals surface area contributed by atoms with Crippen LogP contribution < -0.4 is 4.74 Å². The van der Waals surface area contributed by atoms with Crippen LogP contribution in [-0.4, -0.2) is 18.5 Å². The summed E-state index contributed by atoms with van der Waals surface area (Å²) in [5, 5.41) is 0. The fourth-order valence-corrected chi connectivity index (χ4v) is 1.80. The Kier molecular flexibility index (Phi) is 5.86. The van der Waals surface area contributed by atoms with Crippen LogP contribution in [0.1, 0.15) is 40.5 Å². The molecule has 0 aliphatic heterocycles. The highest BCUT2D eigenvalue weighted by Gasteiger charge is 2.10. The second-order valence-corrected chi connectivity index (χ2v) is 4.91. The summed E-state index contributed by atoms with van der Waals surface area (Å²) >= 11 is 0. The molecule has 0 aromatic heterocycles. The number of carbonyl (C=O) groups is 2. The molecule has 0 heterocycles. The molecule has 0 fully saturated rings. The van der Waals surface area contributed by atoms with Crippen molar-refractivity contribution in [1.82, 2.24) is 0 Å². The molecular formula is C18H17FO4. The maximum atomic E-state index is 12.8. The Balaban J connectivity index is 1.95. The van der Waals surface area contributed by atoms with E-state index in [2.05, 4.69) is 0 Å². The zero-order valence-corrected chi connectivity index (χ0v) is 12.8. The Hall–Kier alpha value is -2.69. The average molecular weight is 316 g/mol. The van der Waals surface area contributed by atoms with Crippen LogP contribution in [0.3, 0.4) is 0 Å². The van der Waals surface area contributed by atoms with E-state index in [4.69, 9.17) is 9.47 Å². The summed E-state index contributed by atoms with van der Waals surface area (Å²) in [7, 11) is 0. The summed E-state index contributed by atoms with van der Waals surface area (Å²) < 4.78 is 23.1. The van der Waals surface area contributed by atoms with Crippen molar-refractivity contribution < 1.29 is 23.5 Å². The van der Waals surface area contributed by atoms with Gasteiger partial charge in [-0.3, -0.25) is 0 Å². The second kappa shape index (κ2) is 8.08. The zero-order valence-electron chi connectivity index (χ0n) is 12.8. The number of benzene rings is 2. The molecule has 0 saturated carbocycles. The fourth-order valence-electron chi connectivity index (χ4n) is 1.80. The van der Waals surface area contributed by atoms with Gasteiger partial charge in [0.15, 0.2) is 0 Å². The van der Waals surface area contributed by atoms with Crippen LogP contribution in [0.15, 0.2) is 48.5 Å². The highest BCUT2D eigenvalue weighted by atomic mass is 19.1. The summed E-state index contributed by atoms with van der Waals surface area (Å²) in [4.78, 5) is 23.6. The number of ether oxygens (including phenoxy) is 2. The first-order chi connectivity index (χ1) is 11.1. The number of unbranched alkanes of at least 4 members (excludes halogenated alkanes) is 1. The molecule has 0 bridgehead atoms. The van der Waals surface area contributed by atoms with E-state index >= 15 is 0 Å². The molecule has 0 saturated heterocycles. The van der Waals surface area contributed by atoms with Crippen molar-refractivity contribution in [1.29, 1.82) is 0 Å². The molecule has 0 N–H and O–H groups in total. The van der Waals surface area contributed by atoms with Crippen LogP contribution in [0.4, 0.5) is 4.39 Å². The molecule has 2 aromatic carbocycles. The number of rotatable bonds is 6. The predicted molar refractivity (Wildman–Crippen MR) is 83.0 cm³/mol. The van der Waals surface area contributed by atoms with Gasteiger partial charge in [0.25, 0.3) is 0 Å². The van der Waals surface area contributed by atoms with Crippen LogP contribution >= 0.6 is 0 Å². The summed E-state index contributed by atoms with van der Waals surface area (Å²) in [5.41, 5.74) is 0.636. The van der Waals surface area contributed by atoms with E-state index in [0.717, 1.165) is 12.8 Å². The zero-order chi connectivity index (χ0) is 16.7. The molecule has 2 rings (SSSR count). The topological polar surface area (TPSA) is 52.6 Å². The lowest BCUT2D eigenvalue weighted by Crippen LogP contribution is -2.09. The predicted octanol–water partition coefficient (Wildman–Crippen LogP) is 4.00. The molecule has 0 unspecified atom stereocenters. The van der Waals surface area contributed by atoms with Crippen molar-refractivity contribution in [3.8, 4) is 5.75 Å². The van der Waals surface area contributed by atoms with Crippen LogP contribution in [0.25, 0.3) is 0 Å². The molecule has 0 spiro atoms. The highest BCUT2D eigenvalue weighted by molar-refractivity contribution is 5.92. The van der Waals surface area contributed by atoms with Crippen molar-refractivity contribution in [3.63, 3.8) is 0 Å². The quantitative estimate of drug-likeness (QED) is 0.459. The van der Waals surface area contributed by atoms with Gasteiger partial charge in [0, 0.05) is 0 Å².